The van der Waals surface area contributed by atoms with Gasteiger partial charge in [-0.25, -0.2) is 0 Å². The summed E-state index contributed by atoms with van der Waals surface area (Å²) < 4.78 is 0. The quantitative estimate of drug-likeness (QED) is 0.551. The Morgan fingerprint density at radius 3 is 2.00 bits per heavy atom. The monoisotopic (exact) mass is 221 g/mol. The van der Waals surface area contributed by atoms with Crippen LogP contribution in [0.25, 0.3) is 0 Å². The first-order chi connectivity index (χ1) is 6.35. The molecule has 0 saturated carbocycles. The second-order valence-corrected chi connectivity index (χ2v) is 5.45. The van der Waals surface area contributed by atoms with Gasteiger partial charge in [0.05, 0.1) is 0 Å². The van der Waals surface area contributed by atoms with Crippen molar-refractivity contribution >= 4 is 23.5 Å². The van der Waals surface area contributed by atoms with E-state index in [4.69, 9.17) is 0 Å². The molecule has 0 fully saturated rings. The molecule has 0 saturated heterocycles. The zero-order valence-electron chi connectivity index (χ0n) is 9.21. The van der Waals surface area contributed by atoms with Gasteiger partial charge < -0.3 is 4.90 Å². The van der Waals surface area contributed by atoms with Crippen LogP contribution in [0.2, 0.25) is 0 Å². The van der Waals surface area contributed by atoms with Crippen LogP contribution >= 0.6 is 23.5 Å². The third-order valence-corrected chi connectivity index (χ3v) is 4.15. The van der Waals surface area contributed by atoms with Crippen LogP contribution in [0.15, 0.2) is 0 Å². The second-order valence-electron chi connectivity index (χ2n) is 2.84. The Morgan fingerprint density at radius 1 is 0.846 bits per heavy atom. The molecule has 13 heavy (non-hydrogen) atoms. The fraction of sp³-hybridized carbons (Fsp3) is 1.00. The first-order valence-corrected chi connectivity index (χ1v) is 7.53. The third-order valence-electron chi connectivity index (χ3n) is 2.02. The summed E-state index contributed by atoms with van der Waals surface area (Å²) in [5.74, 6) is 5.20. The van der Waals surface area contributed by atoms with Crippen molar-refractivity contribution in [3.8, 4) is 0 Å². The van der Waals surface area contributed by atoms with E-state index in [9.17, 15) is 0 Å². The van der Waals surface area contributed by atoms with Crippen molar-refractivity contribution < 1.29 is 0 Å². The van der Waals surface area contributed by atoms with Crippen LogP contribution in [0, 0.1) is 0 Å². The van der Waals surface area contributed by atoms with Crippen molar-refractivity contribution in [2.24, 2.45) is 0 Å². The normalized spacial score (nSPS) is 11.1. The van der Waals surface area contributed by atoms with Crippen LogP contribution in [0.3, 0.4) is 0 Å². The Balaban J connectivity index is 3.05. The molecule has 0 atom stereocenters. The van der Waals surface area contributed by atoms with Gasteiger partial charge in [-0.05, 0) is 18.8 Å². The predicted octanol–water partition coefficient (Wildman–Crippen LogP) is 2.81. The molecule has 0 radical (unpaired) electrons. The fourth-order valence-electron chi connectivity index (χ4n) is 1.10. The molecule has 0 rings (SSSR count). The van der Waals surface area contributed by atoms with Gasteiger partial charge in [0.2, 0.25) is 0 Å². The van der Waals surface area contributed by atoms with Crippen LogP contribution in [-0.2, 0) is 0 Å². The highest BCUT2D eigenvalue weighted by molar-refractivity contribution is 8.02. The molecule has 0 aromatic heterocycles. The molecule has 0 aliphatic rings. The highest BCUT2D eigenvalue weighted by Gasteiger charge is 1.97. The number of thioether (sulfide) groups is 2. The molecule has 0 unspecified atom stereocenters. The summed E-state index contributed by atoms with van der Waals surface area (Å²) in [4.78, 5) is 2.49. The van der Waals surface area contributed by atoms with Crippen molar-refractivity contribution in [2.45, 2.75) is 20.8 Å². The van der Waals surface area contributed by atoms with Crippen molar-refractivity contribution in [2.75, 3.05) is 42.6 Å². The smallest absolute Gasteiger partial charge is 0.00721 e. The highest BCUT2D eigenvalue weighted by atomic mass is 32.2. The molecule has 0 spiro atoms. The van der Waals surface area contributed by atoms with Crippen molar-refractivity contribution in [3.63, 3.8) is 0 Å². The van der Waals surface area contributed by atoms with Gasteiger partial charge in [0.15, 0.2) is 0 Å². The van der Waals surface area contributed by atoms with Crippen molar-refractivity contribution in [1.29, 1.82) is 0 Å². The van der Waals surface area contributed by atoms with Gasteiger partial charge >= 0.3 is 0 Å². The SMILES string of the molecule is CCSCCSCCN(CC)CC. The number of rotatable bonds is 9. The molecule has 0 aliphatic heterocycles. The lowest BCUT2D eigenvalue weighted by Crippen LogP contribution is -2.25. The minimum atomic E-state index is 1.20. The summed E-state index contributed by atoms with van der Waals surface area (Å²) in [5, 5.41) is 0. The fourth-order valence-corrected chi connectivity index (χ4v) is 2.92. The Kier molecular flexibility index (Phi) is 11.3. The number of nitrogens with zero attached hydrogens (tertiary/aromatic N) is 1. The average molecular weight is 221 g/mol. The molecule has 80 valence electrons. The maximum atomic E-state index is 2.49. The first-order valence-electron chi connectivity index (χ1n) is 5.22. The summed E-state index contributed by atoms with van der Waals surface area (Å²) in [7, 11) is 0. The lowest BCUT2D eigenvalue weighted by molar-refractivity contribution is 0.324. The molecule has 0 N–H and O–H groups in total. The van der Waals surface area contributed by atoms with Crippen LogP contribution in [-0.4, -0.2) is 47.5 Å². The van der Waals surface area contributed by atoms with E-state index < -0.39 is 0 Å². The van der Waals surface area contributed by atoms with Gasteiger partial charge in [0.1, 0.15) is 0 Å². The van der Waals surface area contributed by atoms with E-state index in [0.717, 1.165) is 0 Å². The van der Waals surface area contributed by atoms with E-state index in [1.165, 1.54) is 42.6 Å². The maximum absolute atomic E-state index is 2.49. The van der Waals surface area contributed by atoms with Gasteiger partial charge in [-0.2, -0.15) is 23.5 Å². The standard InChI is InChI=1S/C10H23NS2/c1-4-11(5-2)7-8-13-10-9-12-6-3/h4-10H2,1-3H3. The van der Waals surface area contributed by atoms with E-state index in [1.54, 1.807) is 0 Å². The molecule has 1 nitrogen and oxygen atoms in total. The maximum Gasteiger partial charge on any atom is 0.00721 e. The highest BCUT2D eigenvalue weighted by Crippen LogP contribution is 2.06. The Hall–Kier alpha value is 0.660. The third kappa shape index (κ3) is 8.98. The van der Waals surface area contributed by atoms with E-state index in [2.05, 4.69) is 37.4 Å². The second kappa shape index (κ2) is 10.7. The molecule has 0 heterocycles. The van der Waals surface area contributed by atoms with E-state index in [0.29, 0.717) is 0 Å². The molecule has 0 aromatic carbocycles. The lowest BCUT2D eigenvalue weighted by atomic mass is 10.5. The van der Waals surface area contributed by atoms with E-state index >= 15 is 0 Å². The summed E-state index contributed by atoms with van der Waals surface area (Å²) in [6, 6.07) is 0. The number of hydrogen-bond donors (Lipinski definition) is 0. The summed E-state index contributed by atoms with van der Waals surface area (Å²) >= 11 is 4.13. The van der Waals surface area contributed by atoms with Gasteiger partial charge in [0.25, 0.3) is 0 Å². The Morgan fingerprint density at radius 2 is 1.46 bits per heavy atom. The Labute approximate surface area is 92.0 Å². The van der Waals surface area contributed by atoms with Crippen LogP contribution in [0.1, 0.15) is 20.8 Å². The van der Waals surface area contributed by atoms with Gasteiger partial charge in [0, 0.05) is 23.8 Å². The van der Waals surface area contributed by atoms with Crippen LogP contribution < -0.4 is 0 Å². The zero-order valence-corrected chi connectivity index (χ0v) is 10.8. The molecule has 0 bridgehead atoms. The zero-order chi connectivity index (χ0) is 9.94. The summed E-state index contributed by atoms with van der Waals surface area (Å²) in [5.41, 5.74) is 0. The minimum absolute atomic E-state index is 1.20. The summed E-state index contributed by atoms with van der Waals surface area (Å²) in [6.45, 7) is 10.4. The molecular weight excluding hydrogens is 198 g/mol. The van der Waals surface area contributed by atoms with E-state index in [1.807, 2.05) is 11.8 Å². The van der Waals surface area contributed by atoms with Crippen molar-refractivity contribution in [3.05, 3.63) is 0 Å². The van der Waals surface area contributed by atoms with Crippen LogP contribution in [0.5, 0.6) is 0 Å². The van der Waals surface area contributed by atoms with Crippen molar-refractivity contribution in [1.82, 2.24) is 4.90 Å². The molecule has 0 aliphatic carbocycles. The first kappa shape index (κ1) is 13.7. The van der Waals surface area contributed by atoms with Gasteiger partial charge in [-0.1, -0.05) is 20.8 Å². The topological polar surface area (TPSA) is 3.24 Å². The predicted molar refractivity (Wildman–Crippen MR) is 68.1 cm³/mol. The molecule has 0 amide bonds. The molecule has 0 aromatic rings. The average Bonchev–Trinajstić information content (AvgIpc) is 2.17. The van der Waals surface area contributed by atoms with Crippen LogP contribution in [0.4, 0.5) is 0 Å². The lowest BCUT2D eigenvalue weighted by Gasteiger charge is -2.17. The molecule has 3 heteroatoms. The Bertz CT molecular complexity index is 94.9. The summed E-state index contributed by atoms with van der Waals surface area (Å²) in [6.07, 6.45) is 0. The van der Waals surface area contributed by atoms with Gasteiger partial charge in [-0.15, -0.1) is 0 Å². The molecular formula is C10H23NS2. The number of hydrogen-bond acceptors (Lipinski definition) is 3. The largest absolute Gasteiger partial charge is 0.303 e. The van der Waals surface area contributed by atoms with E-state index in [-0.39, 0.29) is 0 Å². The van der Waals surface area contributed by atoms with Gasteiger partial charge in [-0.3, -0.25) is 0 Å². The minimum Gasteiger partial charge on any atom is -0.303 e.